The molecule has 2 N–H and O–H groups in total. The summed E-state index contributed by atoms with van der Waals surface area (Å²) >= 11 is 5.16. The van der Waals surface area contributed by atoms with E-state index in [1.165, 1.54) is 19.3 Å². The molecule has 2 fully saturated rings. The van der Waals surface area contributed by atoms with E-state index in [1.807, 2.05) is 35.2 Å². The molecule has 0 bridgehead atoms. The zero-order valence-electron chi connectivity index (χ0n) is 12.2. The van der Waals surface area contributed by atoms with Crippen molar-refractivity contribution in [3.63, 3.8) is 0 Å². The molecule has 21 heavy (non-hydrogen) atoms. The third-order valence-electron chi connectivity index (χ3n) is 4.96. The van der Waals surface area contributed by atoms with Crippen molar-refractivity contribution in [2.75, 3.05) is 13.1 Å². The van der Waals surface area contributed by atoms with E-state index in [0.29, 0.717) is 23.2 Å². The molecule has 1 saturated heterocycles. The number of carbonyl (C=O) groups is 1. The van der Waals surface area contributed by atoms with Crippen molar-refractivity contribution in [1.82, 2.24) is 4.90 Å². The number of hydrogen-bond donors (Lipinski definition) is 1. The Labute approximate surface area is 131 Å². The van der Waals surface area contributed by atoms with E-state index in [-0.39, 0.29) is 11.8 Å². The minimum Gasteiger partial charge on any atom is -0.393 e. The van der Waals surface area contributed by atoms with Crippen molar-refractivity contribution in [2.24, 2.45) is 23.5 Å². The van der Waals surface area contributed by atoms with Gasteiger partial charge in [-0.2, -0.15) is 0 Å². The Bertz CT molecular complexity index is 519. The summed E-state index contributed by atoms with van der Waals surface area (Å²) in [6, 6.07) is 9.99. The number of likely N-dealkylation sites (tertiary alicyclic amines) is 1. The van der Waals surface area contributed by atoms with E-state index in [4.69, 9.17) is 18.0 Å². The fourth-order valence-corrected chi connectivity index (χ4v) is 3.98. The van der Waals surface area contributed by atoms with Gasteiger partial charge in [0.05, 0.1) is 10.9 Å². The van der Waals surface area contributed by atoms with Gasteiger partial charge in [-0.05, 0) is 36.7 Å². The zero-order chi connectivity index (χ0) is 14.8. The summed E-state index contributed by atoms with van der Waals surface area (Å²) in [5.74, 6) is 1.18. The van der Waals surface area contributed by atoms with Gasteiger partial charge in [0.15, 0.2) is 0 Å². The summed E-state index contributed by atoms with van der Waals surface area (Å²) in [6.45, 7) is 1.80. The molecular formula is C17H22N2OS. The molecule has 3 unspecified atom stereocenters. The highest BCUT2D eigenvalue weighted by Gasteiger charge is 2.40. The number of thiocarbonyl (C=S) groups is 1. The Kier molecular flexibility index (Phi) is 4.24. The van der Waals surface area contributed by atoms with Gasteiger partial charge in [0.25, 0.3) is 0 Å². The molecule has 2 aliphatic rings. The van der Waals surface area contributed by atoms with Crippen LogP contribution in [0, 0.1) is 17.8 Å². The molecule has 0 radical (unpaired) electrons. The van der Waals surface area contributed by atoms with E-state index in [0.717, 1.165) is 18.7 Å². The van der Waals surface area contributed by atoms with E-state index in [2.05, 4.69) is 0 Å². The van der Waals surface area contributed by atoms with E-state index in [1.54, 1.807) is 0 Å². The first kappa shape index (κ1) is 14.5. The molecule has 4 heteroatoms. The molecule has 1 aliphatic carbocycles. The fraction of sp³-hybridized carbons (Fsp3) is 0.529. The van der Waals surface area contributed by atoms with Crippen LogP contribution in [-0.4, -0.2) is 28.9 Å². The lowest BCUT2D eigenvalue weighted by Crippen LogP contribution is -2.41. The van der Waals surface area contributed by atoms with Crippen LogP contribution in [-0.2, 0) is 11.2 Å². The maximum absolute atomic E-state index is 12.8. The smallest absolute Gasteiger partial charge is 0.232 e. The predicted octanol–water partition coefficient (Wildman–Crippen LogP) is 2.39. The van der Waals surface area contributed by atoms with Crippen molar-refractivity contribution < 1.29 is 4.79 Å². The van der Waals surface area contributed by atoms with Crippen LogP contribution in [0.1, 0.15) is 24.8 Å². The lowest BCUT2D eigenvalue weighted by Gasteiger charge is -2.23. The first-order valence-corrected chi connectivity index (χ1v) is 8.18. The quantitative estimate of drug-likeness (QED) is 0.869. The molecule has 0 spiro atoms. The summed E-state index contributed by atoms with van der Waals surface area (Å²) in [6.07, 6.45) is 4.47. The molecule has 3 nitrogen and oxygen atoms in total. The first-order chi connectivity index (χ1) is 10.1. The molecule has 112 valence electrons. The highest BCUT2D eigenvalue weighted by Crippen LogP contribution is 2.38. The summed E-state index contributed by atoms with van der Waals surface area (Å²) in [7, 11) is 0. The van der Waals surface area contributed by atoms with Crippen LogP contribution >= 0.6 is 12.2 Å². The number of nitrogens with two attached hydrogens (primary N) is 1. The molecular weight excluding hydrogens is 280 g/mol. The monoisotopic (exact) mass is 302 g/mol. The molecule has 1 amide bonds. The van der Waals surface area contributed by atoms with Crippen LogP contribution in [0.15, 0.2) is 30.3 Å². The Morgan fingerprint density at radius 1 is 1.24 bits per heavy atom. The number of nitrogens with zero attached hydrogens (tertiary/aromatic N) is 1. The van der Waals surface area contributed by atoms with Gasteiger partial charge in [-0.1, -0.05) is 49.0 Å². The van der Waals surface area contributed by atoms with Gasteiger partial charge < -0.3 is 10.6 Å². The first-order valence-electron chi connectivity index (χ1n) is 7.77. The maximum atomic E-state index is 12.8. The van der Waals surface area contributed by atoms with E-state index >= 15 is 0 Å². The fourth-order valence-electron chi connectivity index (χ4n) is 3.79. The Morgan fingerprint density at radius 2 is 1.86 bits per heavy atom. The Morgan fingerprint density at radius 3 is 2.43 bits per heavy atom. The van der Waals surface area contributed by atoms with Crippen LogP contribution in [0.4, 0.5) is 0 Å². The van der Waals surface area contributed by atoms with E-state index in [9.17, 15) is 4.79 Å². The summed E-state index contributed by atoms with van der Waals surface area (Å²) in [5, 5.41) is 0. The highest BCUT2D eigenvalue weighted by atomic mass is 32.1. The van der Waals surface area contributed by atoms with Crippen LogP contribution < -0.4 is 5.73 Å². The number of benzene rings is 1. The van der Waals surface area contributed by atoms with Crippen LogP contribution in [0.25, 0.3) is 0 Å². The van der Waals surface area contributed by atoms with Crippen molar-refractivity contribution in [3.8, 4) is 0 Å². The second kappa shape index (κ2) is 6.14. The third kappa shape index (κ3) is 3.10. The van der Waals surface area contributed by atoms with Crippen molar-refractivity contribution in [1.29, 1.82) is 0 Å². The summed E-state index contributed by atoms with van der Waals surface area (Å²) < 4.78 is 0. The van der Waals surface area contributed by atoms with Gasteiger partial charge in [-0.25, -0.2) is 0 Å². The molecule has 0 aromatic heterocycles. The Balaban J connectivity index is 1.69. The minimum atomic E-state index is -0.360. The molecule has 1 aromatic rings. The number of hydrogen-bond acceptors (Lipinski definition) is 2. The zero-order valence-corrected chi connectivity index (χ0v) is 13.0. The largest absolute Gasteiger partial charge is 0.393 e. The van der Waals surface area contributed by atoms with E-state index < -0.39 is 0 Å². The summed E-state index contributed by atoms with van der Waals surface area (Å²) in [4.78, 5) is 15.1. The topological polar surface area (TPSA) is 46.3 Å². The number of amides is 1. The number of fused-ring (bicyclic) bond motifs is 1. The van der Waals surface area contributed by atoms with Crippen LogP contribution in [0.2, 0.25) is 0 Å². The average molecular weight is 302 g/mol. The highest BCUT2D eigenvalue weighted by molar-refractivity contribution is 7.80. The molecule has 1 aliphatic heterocycles. The third-order valence-corrected chi connectivity index (χ3v) is 5.25. The van der Waals surface area contributed by atoms with Gasteiger partial charge in [0.2, 0.25) is 5.91 Å². The minimum absolute atomic E-state index is 0.126. The molecule has 3 rings (SSSR count). The van der Waals surface area contributed by atoms with Gasteiger partial charge in [0, 0.05) is 13.1 Å². The maximum Gasteiger partial charge on any atom is 0.232 e. The predicted molar refractivity (Wildman–Crippen MR) is 87.8 cm³/mol. The van der Waals surface area contributed by atoms with Crippen molar-refractivity contribution in [3.05, 3.63) is 35.9 Å². The Hall–Kier alpha value is -1.42. The van der Waals surface area contributed by atoms with Crippen molar-refractivity contribution in [2.45, 2.75) is 25.7 Å². The van der Waals surface area contributed by atoms with Crippen LogP contribution in [0.5, 0.6) is 0 Å². The van der Waals surface area contributed by atoms with Crippen molar-refractivity contribution >= 4 is 23.1 Å². The number of rotatable bonds is 4. The van der Waals surface area contributed by atoms with Gasteiger partial charge >= 0.3 is 0 Å². The molecule has 3 atom stereocenters. The number of carbonyl (C=O) groups excluding carboxylic acids is 1. The molecule has 1 aromatic carbocycles. The lowest BCUT2D eigenvalue weighted by atomic mass is 9.98. The second-order valence-corrected chi connectivity index (χ2v) is 6.81. The average Bonchev–Trinajstić information content (AvgIpc) is 3.06. The van der Waals surface area contributed by atoms with Gasteiger partial charge in [-0.15, -0.1) is 0 Å². The normalized spacial score (nSPS) is 25.6. The standard InChI is InChI=1S/C17H22N2OS/c18-16(21)15(9-12-5-2-1-3-6-12)17(20)19-10-13-7-4-8-14(13)11-19/h1-3,5-6,13-15H,4,7-11H2,(H2,18,21). The lowest BCUT2D eigenvalue weighted by molar-refractivity contribution is -0.132. The molecule has 1 heterocycles. The van der Waals surface area contributed by atoms with Crippen LogP contribution in [0.3, 0.4) is 0 Å². The summed E-state index contributed by atoms with van der Waals surface area (Å²) in [5.41, 5.74) is 6.97. The molecule has 1 saturated carbocycles. The SMILES string of the molecule is NC(=S)C(Cc1ccccc1)C(=O)N1CC2CCCC2C1. The van der Waals surface area contributed by atoms with Gasteiger partial charge in [-0.3, -0.25) is 4.79 Å². The second-order valence-electron chi connectivity index (χ2n) is 6.34. The van der Waals surface area contributed by atoms with Gasteiger partial charge in [0.1, 0.15) is 0 Å².